The van der Waals surface area contributed by atoms with Gasteiger partial charge in [-0.25, -0.2) is 9.59 Å². The number of carbonyl (C=O) groups excluding carboxylic acids is 2. The van der Waals surface area contributed by atoms with Crippen LogP contribution in [0.2, 0.25) is 18.1 Å². The maximum atomic E-state index is 11.6. The lowest BCUT2D eigenvalue weighted by Crippen LogP contribution is -2.37. The lowest BCUT2D eigenvalue weighted by Gasteiger charge is -2.25. The predicted molar refractivity (Wildman–Crippen MR) is 77.3 cm³/mol. The summed E-state index contributed by atoms with van der Waals surface area (Å²) in [6, 6.07) is 2.52. The van der Waals surface area contributed by atoms with Crippen LogP contribution < -0.4 is 0 Å². The first-order chi connectivity index (χ1) is 9.55. The van der Waals surface area contributed by atoms with Gasteiger partial charge in [0.15, 0.2) is 0 Å². The second kappa shape index (κ2) is 8.14. The maximum Gasteiger partial charge on any atom is 0.452 e. The third kappa shape index (κ3) is 5.03. The largest absolute Gasteiger partial charge is 0.501 e. The van der Waals surface area contributed by atoms with Crippen LogP contribution in [-0.4, -0.2) is 26.6 Å². The van der Waals surface area contributed by atoms with E-state index in [1.165, 1.54) is 0 Å². The van der Waals surface area contributed by atoms with E-state index in [0.717, 1.165) is 43.8 Å². The fourth-order valence-electron chi connectivity index (χ4n) is 2.43. The third-order valence-corrected chi connectivity index (χ3v) is 8.49. The zero-order valence-corrected chi connectivity index (χ0v) is 13.6. The number of hydrogen-bond acceptors (Lipinski definition) is 4. The van der Waals surface area contributed by atoms with Crippen LogP contribution in [-0.2, 0) is 9.16 Å². The minimum absolute atomic E-state index is 0.0761. The van der Waals surface area contributed by atoms with Crippen molar-refractivity contribution >= 4 is 20.5 Å². The van der Waals surface area contributed by atoms with E-state index in [0.29, 0.717) is 0 Å². The molecule has 0 aromatic heterocycles. The average Bonchev–Trinajstić information content (AvgIpc) is 2.95. The molecular weight excluding hydrogens is 276 g/mol. The molecule has 0 saturated heterocycles. The van der Waals surface area contributed by atoms with Gasteiger partial charge in [0, 0.05) is 0 Å². The number of nitrogens with zero attached hydrogens (tertiary/aromatic N) is 2. The van der Waals surface area contributed by atoms with Crippen LogP contribution in [0.25, 0.3) is 0 Å². The highest BCUT2D eigenvalue weighted by Crippen LogP contribution is 2.23. The van der Waals surface area contributed by atoms with Crippen LogP contribution in [0.3, 0.4) is 0 Å². The Bertz CT molecular complexity index is 355. The van der Waals surface area contributed by atoms with E-state index in [2.05, 4.69) is 10.2 Å². The van der Waals surface area contributed by atoms with Crippen molar-refractivity contribution in [2.24, 2.45) is 10.2 Å². The summed E-state index contributed by atoms with van der Waals surface area (Å²) in [4.78, 5) is 23.0. The van der Waals surface area contributed by atoms with E-state index in [1.807, 2.05) is 20.8 Å². The van der Waals surface area contributed by atoms with E-state index in [9.17, 15) is 9.59 Å². The van der Waals surface area contributed by atoms with Crippen LogP contribution in [0, 0.1) is 0 Å². The molecule has 1 fully saturated rings. The molecule has 0 spiro atoms. The van der Waals surface area contributed by atoms with Gasteiger partial charge in [0.05, 0.1) is 0 Å². The Hall–Kier alpha value is -1.24. The van der Waals surface area contributed by atoms with Crippen molar-refractivity contribution in [2.45, 2.75) is 70.7 Å². The van der Waals surface area contributed by atoms with Gasteiger partial charge in [-0.2, -0.15) is 0 Å². The third-order valence-electron chi connectivity index (χ3n) is 4.02. The summed E-state index contributed by atoms with van der Waals surface area (Å²) in [5, 5.41) is 6.61. The average molecular weight is 300 g/mol. The van der Waals surface area contributed by atoms with Gasteiger partial charge in [0.25, 0.3) is 8.32 Å². The van der Waals surface area contributed by atoms with Crippen molar-refractivity contribution in [3.8, 4) is 0 Å². The smallest absolute Gasteiger partial charge is 0.452 e. The highest BCUT2D eigenvalue weighted by atomic mass is 28.4. The Morgan fingerprint density at radius 2 is 1.50 bits per heavy atom. The molecule has 20 heavy (non-hydrogen) atoms. The summed E-state index contributed by atoms with van der Waals surface area (Å²) < 4.78 is 10.5. The van der Waals surface area contributed by atoms with Crippen LogP contribution in [0.5, 0.6) is 0 Å². The van der Waals surface area contributed by atoms with Crippen LogP contribution in [0.4, 0.5) is 9.59 Å². The highest BCUT2D eigenvalue weighted by molar-refractivity contribution is 6.74. The molecule has 1 saturated carbocycles. The Morgan fingerprint density at radius 3 is 2.00 bits per heavy atom. The summed E-state index contributed by atoms with van der Waals surface area (Å²) >= 11 is 0. The fraction of sp³-hybridized carbons (Fsp3) is 0.846. The van der Waals surface area contributed by atoms with Crippen LogP contribution in [0.1, 0.15) is 46.5 Å². The number of carbonyl (C=O) groups is 2. The Morgan fingerprint density at radius 1 is 1.00 bits per heavy atom. The van der Waals surface area contributed by atoms with E-state index in [-0.39, 0.29) is 6.10 Å². The van der Waals surface area contributed by atoms with Gasteiger partial charge in [0.1, 0.15) is 6.10 Å². The van der Waals surface area contributed by atoms with Crippen molar-refractivity contribution in [1.82, 2.24) is 0 Å². The Kier molecular flexibility index (Phi) is 6.84. The first kappa shape index (κ1) is 16.8. The van der Waals surface area contributed by atoms with Crippen molar-refractivity contribution in [3.63, 3.8) is 0 Å². The molecule has 6 nitrogen and oxygen atoms in total. The van der Waals surface area contributed by atoms with Gasteiger partial charge < -0.3 is 9.16 Å². The van der Waals surface area contributed by atoms with Gasteiger partial charge in [0.2, 0.25) is 0 Å². The number of azo groups is 1. The molecule has 0 bridgehead atoms. The second-order valence-corrected chi connectivity index (χ2v) is 9.79. The zero-order valence-electron chi connectivity index (χ0n) is 12.6. The topological polar surface area (TPSA) is 77.3 Å². The number of ether oxygens (including phenoxy) is 1. The van der Waals surface area contributed by atoms with Crippen LogP contribution >= 0.6 is 0 Å². The molecule has 1 aliphatic carbocycles. The second-order valence-electron chi connectivity index (χ2n) is 5.10. The fourth-order valence-corrected chi connectivity index (χ4v) is 4.77. The summed E-state index contributed by atoms with van der Waals surface area (Å²) in [6.07, 6.45) is 2.21. The molecule has 1 rings (SSSR count). The van der Waals surface area contributed by atoms with E-state index < -0.39 is 20.5 Å². The molecule has 7 heteroatoms. The number of hydrogen-bond donors (Lipinski definition) is 0. The molecule has 1 aliphatic rings. The van der Waals surface area contributed by atoms with Crippen molar-refractivity contribution in [3.05, 3.63) is 0 Å². The normalized spacial score (nSPS) is 16.6. The highest BCUT2D eigenvalue weighted by Gasteiger charge is 2.33. The molecule has 0 heterocycles. The molecule has 114 valence electrons. The van der Waals surface area contributed by atoms with E-state index >= 15 is 0 Å². The predicted octanol–water partition coefficient (Wildman–Crippen LogP) is 4.66. The van der Waals surface area contributed by atoms with Crippen molar-refractivity contribution < 1.29 is 18.8 Å². The first-order valence-corrected chi connectivity index (χ1v) is 9.93. The molecule has 0 radical (unpaired) electrons. The Balaban J connectivity index is 2.43. The minimum atomic E-state index is -2.04. The molecule has 0 N–H and O–H groups in total. The molecule has 0 aliphatic heterocycles. The number of amides is 2. The molecular formula is C13H24N2O4Si. The maximum absolute atomic E-state index is 11.6. The van der Waals surface area contributed by atoms with Crippen LogP contribution in [0.15, 0.2) is 10.2 Å². The lowest BCUT2D eigenvalue weighted by atomic mass is 10.3. The van der Waals surface area contributed by atoms with Gasteiger partial charge in [-0.15, -0.1) is 0 Å². The molecule has 0 atom stereocenters. The summed E-state index contributed by atoms with van der Waals surface area (Å²) in [5.41, 5.74) is 0. The minimum Gasteiger partial charge on any atom is -0.501 e. The SMILES string of the molecule is CC[Si](CC)(CC)OC(=O)/N=N/C(=O)OC1CCCC1. The first-order valence-electron chi connectivity index (χ1n) is 7.40. The van der Waals surface area contributed by atoms with Crippen molar-refractivity contribution in [2.75, 3.05) is 0 Å². The Labute approximate surface area is 121 Å². The molecule has 0 aromatic rings. The number of rotatable bonds is 5. The van der Waals surface area contributed by atoms with Gasteiger partial charge >= 0.3 is 12.2 Å². The van der Waals surface area contributed by atoms with Crippen molar-refractivity contribution in [1.29, 1.82) is 0 Å². The molecule has 2 amide bonds. The summed E-state index contributed by atoms with van der Waals surface area (Å²) in [7, 11) is -2.04. The summed E-state index contributed by atoms with van der Waals surface area (Å²) in [5.74, 6) is 0. The molecule has 0 aromatic carbocycles. The van der Waals surface area contributed by atoms with Gasteiger partial charge in [-0.3, -0.25) is 0 Å². The summed E-state index contributed by atoms with van der Waals surface area (Å²) in [6.45, 7) is 6.04. The quantitative estimate of drug-likeness (QED) is 0.546. The van der Waals surface area contributed by atoms with E-state index in [1.54, 1.807) is 0 Å². The van der Waals surface area contributed by atoms with Gasteiger partial charge in [-0.1, -0.05) is 31.0 Å². The monoisotopic (exact) mass is 300 g/mol. The standard InChI is InChI=1S/C13H24N2O4Si/c1-4-20(5-2,6-3)19-13(17)15-14-12(16)18-11-9-7-8-10-11/h11H,4-10H2,1-3H3/b15-14+. The van der Waals surface area contributed by atoms with E-state index in [4.69, 9.17) is 9.16 Å². The van der Waals surface area contributed by atoms with Gasteiger partial charge in [-0.05, 0) is 43.8 Å². The lowest BCUT2D eigenvalue weighted by molar-refractivity contribution is 0.108. The zero-order chi connectivity index (χ0) is 15.0. The molecule has 0 unspecified atom stereocenters.